The predicted octanol–water partition coefficient (Wildman–Crippen LogP) is 4.49. The van der Waals surface area contributed by atoms with E-state index in [0.29, 0.717) is 31.0 Å². The second kappa shape index (κ2) is 10.7. The van der Waals surface area contributed by atoms with Crippen molar-refractivity contribution < 1.29 is 14.8 Å². The summed E-state index contributed by atoms with van der Waals surface area (Å²) in [5.74, 6) is 0.653. The minimum Gasteiger partial charge on any atom is -0.397 e. The van der Waals surface area contributed by atoms with Gasteiger partial charge in [0.25, 0.3) is 0 Å². The van der Waals surface area contributed by atoms with E-state index in [2.05, 4.69) is 33.5 Å². The van der Waals surface area contributed by atoms with Crippen LogP contribution in [0.15, 0.2) is 53.0 Å². The first-order chi connectivity index (χ1) is 16.7. The second-order valence-corrected chi connectivity index (χ2v) is 10.8. The summed E-state index contributed by atoms with van der Waals surface area (Å²) in [4.78, 5) is 13.6. The maximum absolute atomic E-state index is 8.77. The second-order valence-electron chi connectivity index (χ2n) is 8.19. The van der Waals surface area contributed by atoms with Crippen LogP contribution in [0.1, 0.15) is 19.3 Å². The largest absolute Gasteiger partial charge is 0.397 e. The van der Waals surface area contributed by atoms with Gasteiger partial charge in [0.15, 0.2) is 0 Å². The minimum absolute atomic E-state index is 0.0258. The molecule has 0 bridgehead atoms. The normalized spacial score (nSPS) is 13.8. The third-order valence-electron chi connectivity index (χ3n) is 5.84. The molecule has 1 aliphatic carbocycles. The van der Waals surface area contributed by atoms with E-state index < -0.39 is 0 Å². The molecular weight excluding hydrogens is 466 g/mol. The van der Waals surface area contributed by atoms with Gasteiger partial charge in [0.2, 0.25) is 0 Å². The van der Waals surface area contributed by atoms with Gasteiger partial charge in [0.1, 0.15) is 11.0 Å². The molecule has 3 aromatic heterocycles. The van der Waals surface area contributed by atoms with Crippen molar-refractivity contribution in [2.75, 3.05) is 37.4 Å². The zero-order chi connectivity index (χ0) is 23.3. The van der Waals surface area contributed by atoms with Crippen molar-refractivity contribution in [3.8, 4) is 22.4 Å². The van der Waals surface area contributed by atoms with Crippen LogP contribution in [0.5, 0.6) is 0 Å². The van der Waals surface area contributed by atoms with Gasteiger partial charge in [-0.1, -0.05) is 41.7 Å². The molecule has 7 nitrogen and oxygen atoms in total. The monoisotopic (exact) mass is 494 g/mol. The van der Waals surface area contributed by atoms with Crippen LogP contribution in [0.25, 0.3) is 32.6 Å². The van der Waals surface area contributed by atoms with Crippen LogP contribution in [0.2, 0.25) is 0 Å². The third kappa shape index (κ3) is 5.02. The zero-order valence-electron chi connectivity index (χ0n) is 18.8. The SMILES string of the molecule is Nc1c(SC2CCC2)sc2nc(-c3cnc(NCCOCCO)[nH+]c3)cc(-c3ccccc3)c12. The van der Waals surface area contributed by atoms with Crippen LogP contribution in [-0.4, -0.2) is 46.7 Å². The van der Waals surface area contributed by atoms with Crippen molar-refractivity contribution in [2.24, 2.45) is 0 Å². The number of thioether (sulfide) groups is 1. The molecule has 1 saturated carbocycles. The molecule has 5 N–H and O–H groups in total. The standard InChI is InChI=1S/C25H27N5O2S2/c26-22-21-19(16-5-2-1-3-6-16)13-20(30-23(21)34-24(22)33-18-7-4-8-18)17-14-28-25(29-15-17)27-9-11-32-12-10-31/h1-3,5-6,13-15,18,31H,4,7-12,26H2,(H,27,28,29)/p+1. The van der Waals surface area contributed by atoms with E-state index in [0.717, 1.165) is 38.3 Å². The first-order valence-electron chi connectivity index (χ1n) is 11.5. The van der Waals surface area contributed by atoms with E-state index in [1.807, 2.05) is 42.4 Å². The Morgan fingerprint density at radius 3 is 2.76 bits per heavy atom. The quantitative estimate of drug-likeness (QED) is 0.279. The van der Waals surface area contributed by atoms with E-state index in [1.165, 1.54) is 23.5 Å². The number of benzene rings is 1. The molecule has 4 aromatic rings. The number of pyridine rings is 1. The number of thiophene rings is 1. The summed E-state index contributed by atoms with van der Waals surface area (Å²) in [6.45, 7) is 1.46. The lowest BCUT2D eigenvalue weighted by molar-refractivity contribution is -0.364. The highest BCUT2D eigenvalue weighted by atomic mass is 32.2. The van der Waals surface area contributed by atoms with Crippen molar-refractivity contribution in [3.05, 3.63) is 48.8 Å². The maximum Gasteiger partial charge on any atom is 0.389 e. The average molecular weight is 495 g/mol. The molecule has 0 radical (unpaired) electrons. The van der Waals surface area contributed by atoms with Crippen LogP contribution in [0, 0.1) is 0 Å². The van der Waals surface area contributed by atoms with Crippen molar-refractivity contribution in [1.82, 2.24) is 9.97 Å². The summed E-state index contributed by atoms with van der Waals surface area (Å²) >= 11 is 3.60. The van der Waals surface area contributed by atoms with Gasteiger partial charge in [-0.25, -0.2) is 9.97 Å². The number of fused-ring (bicyclic) bond motifs is 1. The Balaban J connectivity index is 1.46. The van der Waals surface area contributed by atoms with Gasteiger partial charge in [-0.15, -0.1) is 23.1 Å². The number of nitrogen functional groups attached to an aromatic ring is 1. The molecule has 0 atom stereocenters. The maximum atomic E-state index is 8.77. The van der Waals surface area contributed by atoms with E-state index in [9.17, 15) is 0 Å². The Labute approximate surface area is 206 Å². The highest BCUT2D eigenvalue weighted by Gasteiger charge is 2.24. The van der Waals surface area contributed by atoms with E-state index in [1.54, 1.807) is 11.3 Å². The van der Waals surface area contributed by atoms with Gasteiger partial charge >= 0.3 is 5.95 Å². The summed E-state index contributed by atoms with van der Waals surface area (Å²) in [7, 11) is 0. The topological polar surface area (TPSA) is 107 Å². The number of aromatic nitrogens is 3. The van der Waals surface area contributed by atoms with Gasteiger partial charge in [0, 0.05) is 10.6 Å². The van der Waals surface area contributed by atoms with Crippen molar-refractivity contribution in [2.45, 2.75) is 28.7 Å². The van der Waals surface area contributed by atoms with Crippen molar-refractivity contribution in [1.29, 1.82) is 0 Å². The number of nitrogens with one attached hydrogen (secondary N) is 2. The lowest BCUT2D eigenvalue weighted by atomic mass is 10.00. The fourth-order valence-electron chi connectivity index (χ4n) is 3.82. The Kier molecular flexibility index (Phi) is 7.24. The van der Waals surface area contributed by atoms with Crippen LogP contribution in [0.4, 0.5) is 11.6 Å². The number of nitrogens with two attached hydrogens (primary N) is 1. The van der Waals surface area contributed by atoms with E-state index in [4.69, 9.17) is 20.6 Å². The van der Waals surface area contributed by atoms with Gasteiger partial charge < -0.3 is 15.6 Å². The number of hydrogen-bond donors (Lipinski definition) is 3. The molecule has 3 heterocycles. The first kappa shape index (κ1) is 23.0. The highest BCUT2D eigenvalue weighted by molar-refractivity contribution is 8.02. The van der Waals surface area contributed by atoms with Gasteiger partial charge in [-0.3, -0.25) is 5.32 Å². The number of aliphatic hydroxyl groups excluding tert-OH is 1. The average Bonchev–Trinajstić information content (AvgIpc) is 3.17. The Morgan fingerprint density at radius 2 is 2.06 bits per heavy atom. The van der Waals surface area contributed by atoms with Crippen molar-refractivity contribution >= 4 is 45.0 Å². The Bertz CT molecular complexity index is 1240. The Hall–Kier alpha value is -2.72. The van der Waals surface area contributed by atoms with Crippen LogP contribution in [-0.2, 0) is 4.74 Å². The molecule has 0 spiro atoms. The number of nitrogens with zero attached hydrogens (tertiary/aromatic N) is 2. The number of ether oxygens (including phenoxy) is 1. The summed E-state index contributed by atoms with van der Waals surface area (Å²) in [6, 6.07) is 12.5. The molecule has 5 rings (SSSR count). The molecule has 9 heteroatoms. The van der Waals surface area contributed by atoms with Gasteiger partial charge in [0.05, 0.1) is 53.7 Å². The molecule has 0 unspecified atom stereocenters. The number of rotatable bonds is 10. The number of H-pyrrole nitrogens is 1. The minimum atomic E-state index is 0.0258. The van der Waals surface area contributed by atoms with Crippen LogP contribution in [0.3, 0.4) is 0 Å². The van der Waals surface area contributed by atoms with Crippen LogP contribution < -0.4 is 16.0 Å². The third-order valence-corrected chi connectivity index (χ3v) is 8.51. The van der Waals surface area contributed by atoms with E-state index in [-0.39, 0.29) is 6.61 Å². The number of aromatic amines is 1. The molecule has 34 heavy (non-hydrogen) atoms. The zero-order valence-corrected chi connectivity index (χ0v) is 20.4. The van der Waals surface area contributed by atoms with E-state index >= 15 is 0 Å². The van der Waals surface area contributed by atoms with Crippen molar-refractivity contribution in [3.63, 3.8) is 0 Å². The molecule has 1 aromatic carbocycles. The summed E-state index contributed by atoms with van der Waals surface area (Å²) in [5.41, 5.74) is 11.5. The number of hydrogen-bond acceptors (Lipinski definition) is 8. The molecule has 0 aliphatic heterocycles. The fraction of sp³-hybridized carbons (Fsp3) is 0.320. The first-order valence-corrected chi connectivity index (χ1v) is 13.2. The lowest BCUT2D eigenvalue weighted by Gasteiger charge is -2.23. The molecule has 176 valence electrons. The van der Waals surface area contributed by atoms with Gasteiger partial charge in [-0.2, -0.15) is 0 Å². The summed E-state index contributed by atoms with van der Waals surface area (Å²) in [5, 5.41) is 13.7. The van der Waals surface area contributed by atoms with Gasteiger partial charge in [-0.05, 0) is 30.0 Å². The fourth-order valence-corrected chi connectivity index (χ4v) is 6.61. The highest BCUT2D eigenvalue weighted by Crippen LogP contribution is 2.48. The molecule has 1 aliphatic rings. The molecule has 0 amide bonds. The smallest absolute Gasteiger partial charge is 0.389 e. The number of anilines is 2. The molecule has 1 fully saturated rings. The molecule has 0 saturated heterocycles. The number of aliphatic hydroxyl groups is 1. The Morgan fingerprint density at radius 1 is 1.21 bits per heavy atom. The summed E-state index contributed by atoms with van der Waals surface area (Å²) in [6.07, 6.45) is 7.56. The molecular formula is C25H28N5O2S2+. The van der Waals surface area contributed by atoms with Crippen LogP contribution >= 0.6 is 23.1 Å². The lowest BCUT2D eigenvalue weighted by Crippen LogP contribution is -2.19. The summed E-state index contributed by atoms with van der Waals surface area (Å²) < 4.78 is 6.44. The predicted molar refractivity (Wildman–Crippen MR) is 139 cm³/mol.